The van der Waals surface area contributed by atoms with Gasteiger partial charge in [-0.2, -0.15) is 0 Å². The number of sulfonamides is 1. The van der Waals surface area contributed by atoms with Crippen LogP contribution >= 0.6 is 23.2 Å². The van der Waals surface area contributed by atoms with Gasteiger partial charge < -0.3 is 0 Å². The summed E-state index contributed by atoms with van der Waals surface area (Å²) < 4.78 is 71.0. The molecule has 0 N–H and O–H groups in total. The molecule has 0 aliphatic carbocycles. The van der Waals surface area contributed by atoms with Crippen LogP contribution in [0.5, 0.6) is 0 Å². The SMILES string of the molecule is C=Bc1ncc(Cl)cc1N(COC)S(=O)(=O)c1ccc(Cl)c(C(F)(F)F)c1. The number of nitrogens with zero attached hydrogens (tertiary/aromatic N) is 2. The second kappa shape index (κ2) is 8.18. The zero-order chi connectivity index (χ0) is 20.4. The number of pyridine rings is 1. The van der Waals surface area contributed by atoms with Gasteiger partial charge in [-0.15, -0.1) is 0 Å². The molecule has 2 aromatic rings. The average molecular weight is 439 g/mol. The fourth-order valence-corrected chi connectivity index (χ4v) is 3.98. The van der Waals surface area contributed by atoms with Crippen molar-refractivity contribution in [2.24, 2.45) is 0 Å². The van der Waals surface area contributed by atoms with E-state index in [0.29, 0.717) is 6.07 Å². The summed E-state index contributed by atoms with van der Waals surface area (Å²) in [6.07, 6.45) is -3.54. The Balaban J connectivity index is 2.68. The molecule has 0 saturated heterocycles. The van der Waals surface area contributed by atoms with Gasteiger partial charge in [-0.25, -0.2) is 0 Å². The number of hydrogen-bond donors (Lipinski definition) is 0. The Morgan fingerprint density at radius 2 is 1.96 bits per heavy atom. The monoisotopic (exact) mass is 438 g/mol. The van der Waals surface area contributed by atoms with Crippen LogP contribution in [0.4, 0.5) is 18.9 Å². The van der Waals surface area contributed by atoms with Crippen molar-refractivity contribution in [3.8, 4) is 0 Å². The van der Waals surface area contributed by atoms with Crippen molar-refractivity contribution >= 4 is 57.9 Å². The molecule has 0 fully saturated rings. The summed E-state index contributed by atoms with van der Waals surface area (Å²) in [4.78, 5) is 3.35. The topological polar surface area (TPSA) is 59.5 Å². The Hall–Kier alpha value is -1.62. The molecule has 0 amide bonds. The summed E-state index contributed by atoms with van der Waals surface area (Å²) in [7, 11) is -3.23. The van der Waals surface area contributed by atoms with Gasteiger partial charge in [0.1, 0.15) is 0 Å². The number of ether oxygens (including phenoxy) is 1. The van der Waals surface area contributed by atoms with Crippen LogP contribution in [-0.2, 0) is 20.9 Å². The average Bonchev–Trinajstić information content (AvgIpc) is 2.58. The van der Waals surface area contributed by atoms with Gasteiger partial charge in [-0.1, -0.05) is 0 Å². The van der Waals surface area contributed by atoms with Crippen LogP contribution in [0.1, 0.15) is 5.56 Å². The predicted molar refractivity (Wildman–Crippen MR) is 99.8 cm³/mol. The van der Waals surface area contributed by atoms with Crippen molar-refractivity contribution in [3.63, 3.8) is 0 Å². The van der Waals surface area contributed by atoms with Gasteiger partial charge in [0.15, 0.2) is 0 Å². The number of aromatic nitrogens is 1. The van der Waals surface area contributed by atoms with Crippen molar-refractivity contribution in [1.82, 2.24) is 4.98 Å². The summed E-state index contributed by atoms with van der Waals surface area (Å²) in [6, 6.07) is 3.60. The molecule has 1 heterocycles. The molecule has 1 aromatic heterocycles. The third kappa shape index (κ3) is 4.63. The molecule has 0 bridgehead atoms. The Morgan fingerprint density at radius 1 is 1.30 bits per heavy atom. The first-order valence-corrected chi connectivity index (χ1v) is 9.38. The zero-order valence-corrected chi connectivity index (χ0v) is 16.1. The van der Waals surface area contributed by atoms with Crippen molar-refractivity contribution in [2.75, 3.05) is 18.1 Å². The van der Waals surface area contributed by atoms with E-state index < -0.39 is 38.4 Å². The molecule has 0 unspecified atom stereocenters. The summed E-state index contributed by atoms with van der Waals surface area (Å²) >= 11 is 11.5. The first kappa shape index (κ1) is 21.7. The molecule has 12 heteroatoms. The molecular formula is C15H12BCl2F3N2O3S. The predicted octanol–water partition coefficient (Wildman–Crippen LogP) is 2.97. The van der Waals surface area contributed by atoms with E-state index in [-0.39, 0.29) is 16.3 Å². The van der Waals surface area contributed by atoms with Gasteiger partial charge in [-0.05, 0) is 0 Å². The van der Waals surface area contributed by atoms with Crippen LogP contribution in [0.15, 0.2) is 35.4 Å². The van der Waals surface area contributed by atoms with E-state index in [2.05, 4.69) is 11.5 Å². The zero-order valence-electron chi connectivity index (χ0n) is 13.8. The minimum atomic E-state index is -4.82. The van der Waals surface area contributed by atoms with Crippen LogP contribution < -0.4 is 9.90 Å². The van der Waals surface area contributed by atoms with E-state index in [1.165, 1.54) is 26.3 Å². The number of methoxy groups -OCH3 is 1. The molecule has 144 valence electrons. The minimum absolute atomic E-state index is 0.00265. The summed E-state index contributed by atoms with van der Waals surface area (Å²) in [5, 5.41) is -0.491. The first-order valence-electron chi connectivity index (χ1n) is 7.18. The number of hydrogen-bond acceptors (Lipinski definition) is 4. The number of halogens is 5. The number of rotatable bonds is 6. The van der Waals surface area contributed by atoms with E-state index in [0.717, 1.165) is 16.4 Å². The van der Waals surface area contributed by atoms with E-state index in [1.807, 2.05) is 0 Å². The summed E-state index contributed by atoms with van der Waals surface area (Å²) in [5.74, 6) is 0. The quantitative estimate of drug-likeness (QED) is 0.514. The van der Waals surface area contributed by atoms with Crippen LogP contribution in [0.3, 0.4) is 0 Å². The van der Waals surface area contributed by atoms with Crippen molar-refractivity contribution < 1.29 is 26.3 Å². The molecule has 0 radical (unpaired) electrons. The molecule has 0 spiro atoms. The van der Waals surface area contributed by atoms with E-state index in [1.54, 1.807) is 0 Å². The molecule has 0 saturated carbocycles. The molecule has 0 aliphatic rings. The Labute approximate surface area is 164 Å². The Bertz CT molecular complexity index is 971. The molecule has 5 nitrogen and oxygen atoms in total. The van der Waals surface area contributed by atoms with E-state index in [4.69, 9.17) is 27.9 Å². The van der Waals surface area contributed by atoms with E-state index >= 15 is 0 Å². The Morgan fingerprint density at radius 3 is 2.52 bits per heavy atom. The maximum atomic E-state index is 13.1. The Kier molecular flexibility index (Phi) is 6.57. The second-order valence-corrected chi connectivity index (χ2v) is 7.88. The molecular weight excluding hydrogens is 427 g/mol. The number of anilines is 1. The molecule has 0 atom stereocenters. The van der Waals surface area contributed by atoms with Crippen LogP contribution in [-0.4, -0.2) is 40.6 Å². The fourth-order valence-electron chi connectivity index (χ4n) is 2.19. The van der Waals surface area contributed by atoms with E-state index in [9.17, 15) is 21.6 Å². The summed E-state index contributed by atoms with van der Waals surface area (Å²) in [5.41, 5.74) is -1.11. The van der Waals surface area contributed by atoms with Gasteiger partial charge in [0, 0.05) is 0 Å². The number of alkyl halides is 3. The third-order valence-electron chi connectivity index (χ3n) is 3.40. The van der Waals surface area contributed by atoms with Crippen LogP contribution in [0.2, 0.25) is 10.0 Å². The van der Waals surface area contributed by atoms with Gasteiger partial charge in [0.05, 0.1) is 0 Å². The maximum absolute atomic E-state index is 13.1. The number of benzene rings is 1. The van der Waals surface area contributed by atoms with Crippen LogP contribution in [0.25, 0.3) is 0 Å². The molecule has 27 heavy (non-hydrogen) atoms. The van der Waals surface area contributed by atoms with Crippen molar-refractivity contribution in [3.05, 3.63) is 46.1 Å². The molecule has 0 aliphatic heterocycles. The van der Waals surface area contributed by atoms with Gasteiger partial charge in [0.25, 0.3) is 0 Å². The van der Waals surface area contributed by atoms with Gasteiger partial charge >= 0.3 is 164 Å². The normalized spacial score (nSPS) is 11.9. The second-order valence-electron chi connectivity index (χ2n) is 5.17. The first-order chi connectivity index (χ1) is 12.5. The third-order valence-corrected chi connectivity index (χ3v) is 5.67. The van der Waals surface area contributed by atoms with Crippen LogP contribution in [0, 0.1) is 0 Å². The van der Waals surface area contributed by atoms with Gasteiger partial charge in [-0.3, -0.25) is 0 Å². The standard InChI is InChI=1S/C15H12BCl2F3N2O3S/c1-16-14-13(5-9(17)7-22-14)23(8-26-2)27(24,25)10-3-4-12(18)11(6-10)15(19,20)21/h3-7H,1,8H2,2H3. The fraction of sp³-hybridized carbons (Fsp3) is 0.200. The van der Waals surface area contributed by atoms with Crippen molar-refractivity contribution in [2.45, 2.75) is 11.1 Å². The van der Waals surface area contributed by atoms with Gasteiger partial charge in [0.2, 0.25) is 0 Å². The molecule has 2 rings (SSSR count). The molecule has 1 aromatic carbocycles. The van der Waals surface area contributed by atoms with Crippen molar-refractivity contribution in [1.29, 1.82) is 0 Å². The summed E-state index contributed by atoms with van der Waals surface area (Å²) in [6.45, 7) is 4.34.